The summed E-state index contributed by atoms with van der Waals surface area (Å²) in [5.41, 5.74) is 1.94. The Balaban J connectivity index is 1.27. The summed E-state index contributed by atoms with van der Waals surface area (Å²) in [6, 6.07) is 0. The normalized spacial score (nSPS) is 43.4. The number of nitrogens with one attached hydrogen (secondary N) is 2. The maximum Gasteiger partial charge on any atom is 0.270 e. The Hall–Kier alpha value is -1.71. The fourth-order valence-electron chi connectivity index (χ4n) is 6.71. The van der Waals surface area contributed by atoms with E-state index in [1.165, 1.54) is 51.4 Å². The summed E-state index contributed by atoms with van der Waals surface area (Å²) in [7, 11) is 0. The van der Waals surface area contributed by atoms with Crippen molar-refractivity contribution in [2.24, 2.45) is 23.7 Å². The van der Waals surface area contributed by atoms with Crippen LogP contribution < -0.4 is 10.6 Å². The van der Waals surface area contributed by atoms with Crippen LogP contribution in [0.3, 0.4) is 0 Å². The first-order chi connectivity index (χ1) is 12.2. The van der Waals surface area contributed by atoms with Gasteiger partial charge in [-0.15, -0.1) is 0 Å². The minimum Gasteiger partial charge on any atom is -0.358 e. The van der Waals surface area contributed by atoms with E-state index in [-0.39, 0.29) is 17.6 Å². The van der Waals surface area contributed by atoms with Crippen LogP contribution in [0.1, 0.15) is 51.4 Å². The van der Waals surface area contributed by atoms with Crippen molar-refractivity contribution in [2.75, 3.05) is 0 Å². The lowest BCUT2D eigenvalue weighted by molar-refractivity contribution is -0.123. The zero-order chi connectivity index (χ0) is 16.6. The van der Waals surface area contributed by atoms with Gasteiger partial charge in [0.15, 0.2) is 0 Å². The largest absolute Gasteiger partial charge is 0.358 e. The van der Waals surface area contributed by atoms with Gasteiger partial charge in [-0.2, -0.15) is 0 Å². The number of fused-ring (bicyclic) bond motifs is 1. The Kier molecular flexibility index (Phi) is 2.85. The lowest BCUT2D eigenvalue weighted by atomic mass is 9.53. The van der Waals surface area contributed by atoms with E-state index in [0.29, 0.717) is 5.92 Å². The first kappa shape index (κ1) is 14.5. The quantitative estimate of drug-likeness (QED) is 0.832. The summed E-state index contributed by atoms with van der Waals surface area (Å²) in [5, 5.41) is 7.10. The second kappa shape index (κ2) is 4.93. The molecule has 1 unspecified atom stereocenters. The number of rotatable bonds is 3. The van der Waals surface area contributed by atoms with Gasteiger partial charge in [0, 0.05) is 11.7 Å². The highest BCUT2D eigenvalue weighted by Crippen LogP contribution is 2.55. The molecule has 0 aromatic rings. The summed E-state index contributed by atoms with van der Waals surface area (Å²) in [6.07, 6.45) is 19.0. The van der Waals surface area contributed by atoms with Crippen molar-refractivity contribution >= 4 is 5.91 Å². The molecule has 0 aromatic carbocycles. The van der Waals surface area contributed by atoms with Crippen molar-refractivity contribution in [2.45, 2.75) is 63.1 Å². The predicted octanol–water partition coefficient (Wildman–Crippen LogP) is 3.01. The van der Waals surface area contributed by atoms with Crippen LogP contribution in [0.15, 0.2) is 35.8 Å². The van der Waals surface area contributed by atoms with Crippen LogP contribution >= 0.6 is 0 Å². The number of carbonyl (C=O) groups excluding carboxylic acids is 1. The molecular weight excluding hydrogens is 310 g/mol. The highest BCUT2D eigenvalue weighted by molar-refractivity contribution is 5.95. The van der Waals surface area contributed by atoms with E-state index in [2.05, 4.69) is 33.9 Å². The van der Waals surface area contributed by atoms with Gasteiger partial charge in [0.2, 0.25) is 0 Å². The molecule has 2 aliphatic heterocycles. The van der Waals surface area contributed by atoms with E-state index in [1.54, 1.807) is 0 Å². The van der Waals surface area contributed by atoms with Crippen molar-refractivity contribution in [3.8, 4) is 0 Å². The molecule has 7 aliphatic rings. The van der Waals surface area contributed by atoms with E-state index in [1.807, 2.05) is 6.08 Å². The highest BCUT2D eigenvalue weighted by atomic mass is 16.2. The zero-order valence-corrected chi connectivity index (χ0v) is 14.7. The Labute approximate surface area is 149 Å². The second-order valence-corrected chi connectivity index (χ2v) is 9.45. The monoisotopic (exact) mass is 337 g/mol. The number of hydrogen-bond donors (Lipinski definition) is 2. The van der Waals surface area contributed by atoms with Crippen LogP contribution in [-0.2, 0) is 4.79 Å². The zero-order valence-electron chi connectivity index (χ0n) is 14.7. The molecule has 25 heavy (non-hydrogen) atoms. The summed E-state index contributed by atoms with van der Waals surface area (Å²) < 4.78 is 0. The molecule has 1 atom stereocenters. The van der Waals surface area contributed by atoms with Gasteiger partial charge in [0.1, 0.15) is 11.9 Å². The Morgan fingerprint density at radius 2 is 1.76 bits per heavy atom. The lowest BCUT2D eigenvalue weighted by Gasteiger charge is -2.56. The van der Waals surface area contributed by atoms with Crippen LogP contribution in [0.5, 0.6) is 0 Å². The SMILES string of the molecule is O=C(NC12CC3CC(CC(C3)C1)C2)C1=C2C=CC=CN2C(C2CC2)N1. The van der Waals surface area contributed by atoms with Gasteiger partial charge in [-0.05, 0) is 87.2 Å². The molecule has 0 radical (unpaired) electrons. The first-order valence-corrected chi connectivity index (χ1v) is 10.2. The summed E-state index contributed by atoms with van der Waals surface area (Å²) in [6.45, 7) is 0. The summed E-state index contributed by atoms with van der Waals surface area (Å²) in [5.74, 6) is 3.37. The molecule has 132 valence electrons. The van der Waals surface area contributed by atoms with Gasteiger partial charge in [-0.3, -0.25) is 4.79 Å². The number of nitrogens with zero attached hydrogens (tertiary/aromatic N) is 1. The number of allylic oxidation sites excluding steroid dienone is 3. The van der Waals surface area contributed by atoms with Crippen molar-refractivity contribution in [3.05, 3.63) is 35.8 Å². The average Bonchev–Trinajstić information content (AvgIpc) is 3.33. The number of carbonyl (C=O) groups is 1. The van der Waals surface area contributed by atoms with Gasteiger partial charge < -0.3 is 15.5 Å². The topological polar surface area (TPSA) is 44.4 Å². The van der Waals surface area contributed by atoms with Crippen LogP contribution in [0.2, 0.25) is 0 Å². The molecule has 5 aliphatic carbocycles. The molecule has 0 saturated heterocycles. The molecule has 4 heteroatoms. The van der Waals surface area contributed by atoms with Gasteiger partial charge in [0.25, 0.3) is 5.91 Å². The maximum atomic E-state index is 13.3. The van der Waals surface area contributed by atoms with E-state index in [0.717, 1.165) is 29.1 Å². The van der Waals surface area contributed by atoms with E-state index >= 15 is 0 Å². The van der Waals surface area contributed by atoms with E-state index in [4.69, 9.17) is 0 Å². The molecule has 7 rings (SSSR count). The molecule has 0 aromatic heterocycles. The van der Waals surface area contributed by atoms with Crippen LogP contribution in [0.25, 0.3) is 0 Å². The van der Waals surface area contributed by atoms with Crippen molar-refractivity contribution in [1.29, 1.82) is 0 Å². The van der Waals surface area contributed by atoms with Crippen LogP contribution in [0.4, 0.5) is 0 Å². The molecule has 1 amide bonds. The maximum absolute atomic E-state index is 13.3. The first-order valence-electron chi connectivity index (χ1n) is 10.2. The van der Waals surface area contributed by atoms with Crippen molar-refractivity contribution < 1.29 is 4.79 Å². The molecule has 2 heterocycles. The van der Waals surface area contributed by atoms with Crippen LogP contribution in [0, 0.1) is 23.7 Å². The molecule has 4 nitrogen and oxygen atoms in total. The fraction of sp³-hybridized carbons (Fsp3) is 0.667. The van der Waals surface area contributed by atoms with Crippen molar-refractivity contribution in [1.82, 2.24) is 15.5 Å². The smallest absolute Gasteiger partial charge is 0.270 e. The van der Waals surface area contributed by atoms with Gasteiger partial charge >= 0.3 is 0 Å². The molecule has 0 spiro atoms. The molecule has 5 saturated carbocycles. The third-order valence-electron chi connectivity index (χ3n) is 7.45. The standard InChI is InChI=1S/C21H27N3O/c25-20(23-21-10-13-7-14(11-21)9-15(8-13)12-21)18-17-3-1-2-6-24(17)19(22-18)16-4-5-16/h1-3,6,13-16,19,22H,4-5,7-12H2,(H,23,25). The lowest BCUT2D eigenvalue weighted by Crippen LogP contribution is -2.60. The van der Waals surface area contributed by atoms with Crippen LogP contribution in [-0.4, -0.2) is 22.5 Å². The van der Waals surface area contributed by atoms with Crippen molar-refractivity contribution in [3.63, 3.8) is 0 Å². The molecular formula is C21H27N3O. The van der Waals surface area contributed by atoms with Gasteiger partial charge in [0.05, 0.1) is 5.70 Å². The minimum atomic E-state index is 0.0811. The third kappa shape index (κ3) is 2.22. The van der Waals surface area contributed by atoms with E-state index in [9.17, 15) is 4.79 Å². The average molecular weight is 337 g/mol. The minimum absolute atomic E-state index is 0.0811. The van der Waals surface area contributed by atoms with Gasteiger partial charge in [-0.25, -0.2) is 0 Å². The Morgan fingerprint density at radius 3 is 2.40 bits per heavy atom. The Morgan fingerprint density at radius 1 is 1.08 bits per heavy atom. The highest BCUT2D eigenvalue weighted by Gasteiger charge is 2.52. The number of amides is 1. The molecule has 2 N–H and O–H groups in total. The fourth-order valence-corrected chi connectivity index (χ4v) is 6.71. The molecule has 5 fully saturated rings. The Bertz CT molecular complexity index is 679. The summed E-state index contributed by atoms with van der Waals surface area (Å²) in [4.78, 5) is 15.5. The van der Waals surface area contributed by atoms with E-state index < -0.39 is 0 Å². The van der Waals surface area contributed by atoms with Gasteiger partial charge in [-0.1, -0.05) is 6.08 Å². The molecule has 4 bridgehead atoms. The third-order valence-corrected chi connectivity index (χ3v) is 7.45. The number of hydrogen-bond acceptors (Lipinski definition) is 3. The second-order valence-electron chi connectivity index (χ2n) is 9.45. The summed E-state index contributed by atoms with van der Waals surface area (Å²) >= 11 is 0. The predicted molar refractivity (Wildman–Crippen MR) is 95.8 cm³/mol.